The Morgan fingerprint density at radius 3 is 2.48 bits per heavy atom. The van der Waals surface area contributed by atoms with E-state index >= 15 is 0 Å². The minimum Gasteiger partial charge on any atom is -0.481 e. The van der Waals surface area contributed by atoms with Crippen LogP contribution >= 0.6 is 0 Å². The summed E-state index contributed by atoms with van der Waals surface area (Å²) in [6.45, 7) is 7.54. The fourth-order valence-electron chi connectivity index (χ4n) is 7.89. The summed E-state index contributed by atoms with van der Waals surface area (Å²) in [7, 11) is 0. The van der Waals surface area contributed by atoms with E-state index in [9.17, 15) is 19.8 Å². The van der Waals surface area contributed by atoms with Gasteiger partial charge in [-0.3, -0.25) is 14.5 Å². The van der Waals surface area contributed by atoms with Gasteiger partial charge in [-0.1, -0.05) is 37.3 Å². The summed E-state index contributed by atoms with van der Waals surface area (Å²) in [4.78, 5) is 33.9. The van der Waals surface area contributed by atoms with Crippen LogP contribution in [0.5, 0.6) is 0 Å². The maximum Gasteiger partial charge on any atom is 0.307 e. The van der Waals surface area contributed by atoms with Crippen LogP contribution in [-0.4, -0.2) is 79.9 Å². The molecule has 2 aliphatic carbocycles. The number of carbonyl (C=O) groups excluding carboxylic acids is 1. The van der Waals surface area contributed by atoms with Crippen molar-refractivity contribution in [3.05, 3.63) is 59.5 Å². The molecule has 2 aliphatic heterocycles. The van der Waals surface area contributed by atoms with Crippen LogP contribution in [0.25, 0.3) is 5.65 Å². The molecule has 3 unspecified atom stereocenters. The maximum atomic E-state index is 13.2. The SMILES string of the molecule is CC(O)c1cc(N2CC[C@](C)(c3ccccc3)C2)cn2nc(C(=O)NC3CCC(N4CC5C(C4)C5C(=O)O)CC3)nc12. The van der Waals surface area contributed by atoms with Gasteiger partial charge < -0.3 is 20.4 Å². The van der Waals surface area contributed by atoms with Crippen molar-refractivity contribution in [2.24, 2.45) is 17.8 Å². The van der Waals surface area contributed by atoms with E-state index in [1.54, 1.807) is 11.4 Å². The Morgan fingerprint density at radius 2 is 1.81 bits per heavy atom. The molecular formula is C32H40N6O4. The molecule has 3 N–H and O–H groups in total. The fraction of sp³-hybridized carbons (Fsp3) is 0.562. The molecule has 4 heterocycles. The van der Waals surface area contributed by atoms with E-state index in [4.69, 9.17) is 0 Å². The third kappa shape index (κ3) is 4.84. The number of hydrogen-bond donors (Lipinski definition) is 3. The highest BCUT2D eigenvalue weighted by atomic mass is 16.4. The first-order valence-electron chi connectivity index (χ1n) is 15.4. The molecule has 10 heteroatoms. The summed E-state index contributed by atoms with van der Waals surface area (Å²) in [5, 5.41) is 27.6. The minimum atomic E-state index is -0.756. The van der Waals surface area contributed by atoms with Crippen molar-refractivity contribution in [3.8, 4) is 0 Å². The number of aliphatic hydroxyl groups is 1. The van der Waals surface area contributed by atoms with Crippen molar-refractivity contribution in [2.75, 3.05) is 31.1 Å². The lowest BCUT2D eigenvalue weighted by molar-refractivity contribution is -0.139. The van der Waals surface area contributed by atoms with Crippen molar-refractivity contribution in [2.45, 2.75) is 69.6 Å². The number of nitrogens with zero attached hydrogens (tertiary/aromatic N) is 5. The zero-order chi connectivity index (χ0) is 29.2. The first-order chi connectivity index (χ1) is 20.2. The van der Waals surface area contributed by atoms with E-state index in [1.807, 2.05) is 18.3 Å². The zero-order valence-corrected chi connectivity index (χ0v) is 24.3. The number of nitrogens with one attached hydrogen (secondary N) is 1. The van der Waals surface area contributed by atoms with Crippen molar-refractivity contribution < 1.29 is 19.8 Å². The molecule has 3 aromatic rings. The highest BCUT2D eigenvalue weighted by Gasteiger charge is 2.60. The number of anilines is 1. The molecule has 42 heavy (non-hydrogen) atoms. The molecule has 2 saturated carbocycles. The smallest absolute Gasteiger partial charge is 0.307 e. The van der Waals surface area contributed by atoms with Gasteiger partial charge in [0.2, 0.25) is 5.82 Å². The van der Waals surface area contributed by atoms with Gasteiger partial charge in [0.15, 0.2) is 5.65 Å². The number of piperidine rings is 1. The van der Waals surface area contributed by atoms with E-state index in [0.717, 1.165) is 64.0 Å². The van der Waals surface area contributed by atoms with Crippen LogP contribution in [0.4, 0.5) is 5.69 Å². The molecule has 1 amide bonds. The first-order valence-corrected chi connectivity index (χ1v) is 15.4. The number of hydrogen-bond acceptors (Lipinski definition) is 7. The molecule has 222 valence electrons. The summed E-state index contributed by atoms with van der Waals surface area (Å²) in [6.07, 6.45) is 5.94. The standard InChI is InChI=1S/C32H40N6O4/c1-19(39)24-14-23(36-13-12-32(2,18-36)20-6-4-3-5-7-20)15-38-29(24)34-28(35-38)30(40)33-21-8-10-22(11-9-21)37-16-25-26(17-37)27(25)31(41)42/h3-7,14-15,19,21-22,25-27,39H,8-13,16-18H2,1-2H3,(H,33,40)(H,41,42)/t19?,21?,22?,25?,26?,27?,32-/m0/s1. The molecule has 2 aromatic heterocycles. The van der Waals surface area contributed by atoms with E-state index in [1.165, 1.54) is 5.56 Å². The van der Waals surface area contributed by atoms with Gasteiger partial charge in [-0.15, -0.1) is 5.10 Å². The lowest BCUT2D eigenvalue weighted by atomic mass is 9.82. The summed E-state index contributed by atoms with van der Waals surface area (Å²) >= 11 is 0. The second-order valence-electron chi connectivity index (χ2n) is 13.3. The number of likely N-dealkylation sites (tertiary alicyclic amines) is 1. The summed E-state index contributed by atoms with van der Waals surface area (Å²) < 4.78 is 1.64. The number of aromatic nitrogens is 3. The van der Waals surface area contributed by atoms with Crippen LogP contribution < -0.4 is 10.2 Å². The number of aliphatic carboxylic acids is 1. The van der Waals surface area contributed by atoms with E-state index in [-0.39, 0.29) is 29.1 Å². The summed E-state index contributed by atoms with van der Waals surface area (Å²) in [5.41, 5.74) is 3.47. The second kappa shape index (κ2) is 10.3. The Balaban J connectivity index is 1.01. The highest BCUT2D eigenvalue weighted by Crippen LogP contribution is 2.52. The maximum absolute atomic E-state index is 13.2. The van der Waals surface area contributed by atoms with Gasteiger partial charge in [-0.2, -0.15) is 0 Å². The van der Waals surface area contributed by atoms with Crippen molar-refractivity contribution in [1.82, 2.24) is 24.8 Å². The van der Waals surface area contributed by atoms with Crippen molar-refractivity contribution >= 4 is 23.2 Å². The van der Waals surface area contributed by atoms with Gasteiger partial charge in [0.1, 0.15) is 0 Å². The molecule has 7 rings (SSSR count). The third-order valence-electron chi connectivity index (χ3n) is 10.5. The number of fused-ring (bicyclic) bond motifs is 2. The van der Waals surface area contributed by atoms with Crippen LogP contribution in [0.1, 0.15) is 73.8 Å². The predicted molar refractivity (Wildman–Crippen MR) is 157 cm³/mol. The Morgan fingerprint density at radius 1 is 1.10 bits per heavy atom. The number of carboxylic acid groups (broad SMARTS) is 1. The van der Waals surface area contributed by atoms with Crippen LogP contribution in [0, 0.1) is 17.8 Å². The molecule has 1 aromatic carbocycles. The molecule has 0 radical (unpaired) electrons. The minimum absolute atomic E-state index is 0.0314. The molecular weight excluding hydrogens is 532 g/mol. The number of rotatable bonds is 7. The van der Waals surface area contributed by atoms with Gasteiger partial charge in [-0.25, -0.2) is 9.50 Å². The molecule has 0 bridgehead atoms. The number of carboxylic acids is 1. The molecule has 4 aliphatic rings. The molecule has 0 spiro atoms. The number of amides is 1. The van der Waals surface area contributed by atoms with Gasteiger partial charge in [0.05, 0.1) is 23.9 Å². The number of aliphatic hydroxyl groups excluding tert-OH is 1. The molecule has 4 fully saturated rings. The summed E-state index contributed by atoms with van der Waals surface area (Å²) in [5.74, 6) is -0.296. The number of benzene rings is 1. The average Bonchev–Trinajstić information content (AvgIpc) is 3.35. The predicted octanol–water partition coefficient (Wildman–Crippen LogP) is 3.25. The third-order valence-corrected chi connectivity index (χ3v) is 10.5. The Labute approximate surface area is 245 Å². The van der Waals surface area contributed by atoms with Gasteiger partial charge in [0.25, 0.3) is 5.91 Å². The zero-order valence-electron chi connectivity index (χ0n) is 24.3. The quantitative estimate of drug-likeness (QED) is 0.394. The number of carbonyl (C=O) groups is 2. The normalized spacial score (nSPS) is 31.7. The first kappa shape index (κ1) is 27.3. The lowest BCUT2D eigenvalue weighted by Gasteiger charge is -2.35. The van der Waals surface area contributed by atoms with Crippen LogP contribution in [0.15, 0.2) is 42.6 Å². The number of pyridine rings is 1. The second-order valence-corrected chi connectivity index (χ2v) is 13.3. The average molecular weight is 573 g/mol. The van der Waals surface area contributed by atoms with Crippen LogP contribution in [-0.2, 0) is 10.2 Å². The topological polar surface area (TPSA) is 123 Å². The Hall–Kier alpha value is -3.50. The highest BCUT2D eigenvalue weighted by molar-refractivity contribution is 5.91. The molecule has 2 saturated heterocycles. The monoisotopic (exact) mass is 572 g/mol. The largest absolute Gasteiger partial charge is 0.481 e. The Bertz CT molecular complexity index is 1490. The van der Waals surface area contributed by atoms with E-state index in [2.05, 4.69) is 56.4 Å². The van der Waals surface area contributed by atoms with Crippen LogP contribution in [0.2, 0.25) is 0 Å². The van der Waals surface area contributed by atoms with E-state index < -0.39 is 12.1 Å². The summed E-state index contributed by atoms with van der Waals surface area (Å²) in [6, 6.07) is 13.1. The molecule has 4 atom stereocenters. The van der Waals surface area contributed by atoms with Gasteiger partial charge >= 0.3 is 5.97 Å². The lowest BCUT2D eigenvalue weighted by Crippen LogP contribution is -2.44. The van der Waals surface area contributed by atoms with Crippen molar-refractivity contribution in [1.29, 1.82) is 0 Å². The Kier molecular flexibility index (Phi) is 6.73. The van der Waals surface area contributed by atoms with E-state index in [0.29, 0.717) is 29.1 Å². The van der Waals surface area contributed by atoms with Crippen LogP contribution in [0.3, 0.4) is 0 Å². The van der Waals surface area contributed by atoms with Gasteiger partial charge in [-0.05, 0) is 62.5 Å². The molecule has 10 nitrogen and oxygen atoms in total. The van der Waals surface area contributed by atoms with Gasteiger partial charge in [0, 0.05) is 49.2 Å². The fourth-order valence-corrected chi connectivity index (χ4v) is 7.89. The van der Waals surface area contributed by atoms with Crippen molar-refractivity contribution in [3.63, 3.8) is 0 Å².